The molecular formula is C15H26N2O2. The molecule has 0 aromatic carbocycles. The van der Waals surface area contributed by atoms with Crippen LogP contribution in [0, 0.1) is 17.3 Å². The van der Waals surface area contributed by atoms with Crippen molar-refractivity contribution in [2.75, 3.05) is 13.2 Å². The summed E-state index contributed by atoms with van der Waals surface area (Å²) in [7, 11) is 0. The third-order valence-corrected chi connectivity index (χ3v) is 5.40. The van der Waals surface area contributed by atoms with Crippen LogP contribution >= 0.6 is 0 Å². The molecule has 3 saturated carbocycles. The Hall–Kier alpha value is -0.770. The number of aliphatic hydroxyl groups excluding tert-OH is 1. The number of carbonyl (C=O) groups excluding carboxylic acids is 1. The maximum absolute atomic E-state index is 12.0. The lowest BCUT2D eigenvalue weighted by atomic mass is 9.85. The lowest BCUT2D eigenvalue weighted by molar-refractivity contribution is 0.153. The van der Waals surface area contributed by atoms with Gasteiger partial charge < -0.3 is 15.7 Å². The zero-order chi connectivity index (χ0) is 13.3. The van der Waals surface area contributed by atoms with Crippen LogP contribution in [0.15, 0.2) is 0 Å². The van der Waals surface area contributed by atoms with Crippen LogP contribution in [-0.2, 0) is 0 Å². The van der Waals surface area contributed by atoms with Crippen molar-refractivity contribution in [1.29, 1.82) is 0 Å². The SMILES string of the molecule is O=C(NCC1(C2CC2)CC1)NC1CCCCC1CO. The van der Waals surface area contributed by atoms with Gasteiger partial charge in [-0.25, -0.2) is 4.79 Å². The maximum atomic E-state index is 12.0. The molecular weight excluding hydrogens is 240 g/mol. The largest absolute Gasteiger partial charge is 0.396 e. The van der Waals surface area contributed by atoms with E-state index in [0.29, 0.717) is 5.41 Å². The van der Waals surface area contributed by atoms with Gasteiger partial charge in [0.1, 0.15) is 0 Å². The zero-order valence-electron chi connectivity index (χ0n) is 11.7. The Morgan fingerprint density at radius 1 is 1.16 bits per heavy atom. The van der Waals surface area contributed by atoms with Crippen molar-refractivity contribution in [2.45, 2.75) is 57.4 Å². The summed E-state index contributed by atoms with van der Waals surface area (Å²) in [4.78, 5) is 12.0. The van der Waals surface area contributed by atoms with E-state index in [2.05, 4.69) is 10.6 Å². The minimum Gasteiger partial charge on any atom is -0.396 e. The molecule has 3 aliphatic rings. The van der Waals surface area contributed by atoms with Crippen molar-refractivity contribution in [3.05, 3.63) is 0 Å². The van der Waals surface area contributed by atoms with E-state index >= 15 is 0 Å². The summed E-state index contributed by atoms with van der Waals surface area (Å²) in [6.07, 6.45) is 9.68. The number of aliphatic hydroxyl groups is 1. The monoisotopic (exact) mass is 266 g/mol. The molecule has 0 aromatic rings. The van der Waals surface area contributed by atoms with Gasteiger partial charge in [0.25, 0.3) is 0 Å². The van der Waals surface area contributed by atoms with Gasteiger partial charge in [0, 0.05) is 25.1 Å². The molecule has 19 heavy (non-hydrogen) atoms. The van der Waals surface area contributed by atoms with E-state index in [1.54, 1.807) is 0 Å². The van der Waals surface area contributed by atoms with Crippen molar-refractivity contribution in [2.24, 2.45) is 17.3 Å². The Balaban J connectivity index is 1.42. The standard InChI is InChI=1S/C15H26N2O2/c18-9-11-3-1-2-4-13(11)17-14(19)16-10-15(7-8-15)12-5-6-12/h11-13,18H,1-10H2,(H2,16,17,19). The summed E-state index contributed by atoms with van der Waals surface area (Å²) < 4.78 is 0. The van der Waals surface area contributed by atoms with E-state index in [1.807, 2.05) is 0 Å². The Kier molecular flexibility index (Phi) is 3.70. The third kappa shape index (κ3) is 3.04. The number of urea groups is 1. The highest BCUT2D eigenvalue weighted by Gasteiger charge is 2.53. The summed E-state index contributed by atoms with van der Waals surface area (Å²) >= 11 is 0. The molecule has 4 heteroatoms. The lowest BCUT2D eigenvalue weighted by Gasteiger charge is -2.31. The molecule has 2 atom stereocenters. The van der Waals surface area contributed by atoms with Gasteiger partial charge in [-0.05, 0) is 49.9 Å². The first-order valence-corrected chi connectivity index (χ1v) is 7.89. The molecule has 0 aliphatic heterocycles. The molecule has 3 fully saturated rings. The molecule has 0 heterocycles. The lowest BCUT2D eigenvalue weighted by Crippen LogP contribution is -2.48. The Morgan fingerprint density at radius 2 is 1.89 bits per heavy atom. The van der Waals surface area contributed by atoms with Gasteiger partial charge >= 0.3 is 6.03 Å². The Bertz CT molecular complexity index is 337. The van der Waals surface area contributed by atoms with Crippen molar-refractivity contribution in [3.8, 4) is 0 Å². The second-order valence-electron chi connectivity index (χ2n) is 6.80. The van der Waals surface area contributed by atoms with Crippen LogP contribution in [-0.4, -0.2) is 30.3 Å². The van der Waals surface area contributed by atoms with E-state index in [9.17, 15) is 9.90 Å². The normalized spacial score (nSPS) is 32.7. The highest BCUT2D eigenvalue weighted by molar-refractivity contribution is 5.74. The molecule has 108 valence electrons. The first kappa shape index (κ1) is 13.2. The number of amides is 2. The van der Waals surface area contributed by atoms with Crippen LogP contribution < -0.4 is 10.6 Å². The maximum Gasteiger partial charge on any atom is 0.315 e. The molecule has 0 saturated heterocycles. The molecule has 2 unspecified atom stereocenters. The van der Waals surface area contributed by atoms with Crippen molar-refractivity contribution in [1.82, 2.24) is 10.6 Å². The minimum absolute atomic E-state index is 0.0303. The fourth-order valence-corrected chi connectivity index (χ4v) is 3.68. The predicted octanol–water partition coefficient (Wildman–Crippen LogP) is 2.03. The van der Waals surface area contributed by atoms with Gasteiger partial charge in [0.2, 0.25) is 0 Å². The number of hydrogen-bond donors (Lipinski definition) is 3. The third-order valence-electron chi connectivity index (χ3n) is 5.40. The highest BCUT2D eigenvalue weighted by Crippen LogP contribution is 2.60. The van der Waals surface area contributed by atoms with Gasteiger partial charge in [-0.15, -0.1) is 0 Å². The fraction of sp³-hybridized carbons (Fsp3) is 0.933. The molecule has 3 aliphatic carbocycles. The average molecular weight is 266 g/mol. The fourth-order valence-electron chi connectivity index (χ4n) is 3.68. The topological polar surface area (TPSA) is 61.4 Å². The quantitative estimate of drug-likeness (QED) is 0.713. The molecule has 0 bridgehead atoms. The van der Waals surface area contributed by atoms with Crippen LogP contribution in [0.2, 0.25) is 0 Å². The number of hydrogen-bond acceptors (Lipinski definition) is 2. The Labute approximate surface area is 115 Å². The van der Waals surface area contributed by atoms with Crippen LogP contribution in [0.5, 0.6) is 0 Å². The second-order valence-corrected chi connectivity index (χ2v) is 6.80. The van der Waals surface area contributed by atoms with Crippen molar-refractivity contribution < 1.29 is 9.90 Å². The molecule has 3 rings (SSSR count). The minimum atomic E-state index is -0.0303. The van der Waals surface area contributed by atoms with Gasteiger partial charge in [0.15, 0.2) is 0 Å². The molecule has 2 amide bonds. The van der Waals surface area contributed by atoms with Crippen LogP contribution in [0.25, 0.3) is 0 Å². The molecule has 4 nitrogen and oxygen atoms in total. The number of nitrogens with one attached hydrogen (secondary N) is 2. The van der Waals surface area contributed by atoms with Gasteiger partial charge in [0.05, 0.1) is 0 Å². The summed E-state index contributed by atoms with van der Waals surface area (Å²) in [6, 6.07) is 0.132. The number of rotatable bonds is 5. The molecule has 0 radical (unpaired) electrons. The van der Waals surface area contributed by atoms with E-state index in [-0.39, 0.29) is 24.6 Å². The van der Waals surface area contributed by atoms with Crippen LogP contribution in [0.3, 0.4) is 0 Å². The molecule has 0 spiro atoms. The highest BCUT2D eigenvalue weighted by atomic mass is 16.3. The van der Waals surface area contributed by atoms with E-state index in [1.165, 1.54) is 32.1 Å². The molecule has 0 aromatic heterocycles. The first-order chi connectivity index (χ1) is 9.23. The van der Waals surface area contributed by atoms with Gasteiger partial charge in [-0.3, -0.25) is 0 Å². The second kappa shape index (κ2) is 5.31. The van der Waals surface area contributed by atoms with Crippen molar-refractivity contribution >= 4 is 6.03 Å². The summed E-state index contributed by atoms with van der Waals surface area (Å²) in [6.45, 7) is 1.04. The Morgan fingerprint density at radius 3 is 2.53 bits per heavy atom. The van der Waals surface area contributed by atoms with Gasteiger partial charge in [-0.1, -0.05) is 12.8 Å². The van der Waals surface area contributed by atoms with E-state index in [0.717, 1.165) is 31.7 Å². The van der Waals surface area contributed by atoms with Gasteiger partial charge in [-0.2, -0.15) is 0 Å². The van der Waals surface area contributed by atoms with E-state index < -0.39 is 0 Å². The van der Waals surface area contributed by atoms with E-state index in [4.69, 9.17) is 0 Å². The van der Waals surface area contributed by atoms with Crippen LogP contribution in [0.4, 0.5) is 4.79 Å². The summed E-state index contributed by atoms with van der Waals surface area (Å²) in [5, 5.41) is 15.5. The average Bonchev–Trinajstić information content (AvgIpc) is 3.29. The van der Waals surface area contributed by atoms with Crippen LogP contribution in [0.1, 0.15) is 51.4 Å². The summed E-state index contributed by atoms with van der Waals surface area (Å²) in [5.41, 5.74) is 0.459. The predicted molar refractivity (Wildman–Crippen MR) is 73.8 cm³/mol. The van der Waals surface area contributed by atoms with Crippen molar-refractivity contribution in [3.63, 3.8) is 0 Å². The first-order valence-electron chi connectivity index (χ1n) is 7.89. The molecule has 3 N–H and O–H groups in total. The smallest absolute Gasteiger partial charge is 0.315 e. The zero-order valence-corrected chi connectivity index (χ0v) is 11.7. The summed E-state index contributed by atoms with van der Waals surface area (Å²) in [5.74, 6) is 1.13. The number of carbonyl (C=O) groups is 1.